The van der Waals surface area contributed by atoms with Crippen LogP contribution in [0.1, 0.15) is 46.0 Å². The van der Waals surface area contributed by atoms with E-state index in [9.17, 15) is 4.79 Å². The Morgan fingerprint density at radius 1 is 1.57 bits per heavy atom. The molecule has 1 N–H and O–H groups in total. The molecule has 0 aromatic heterocycles. The second kappa shape index (κ2) is 5.35. The molecule has 0 saturated heterocycles. The van der Waals surface area contributed by atoms with Crippen LogP contribution < -0.4 is 0 Å². The molecule has 0 aromatic rings. The molecule has 0 bridgehead atoms. The van der Waals surface area contributed by atoms with Gasteiger partial charge in [0, 0.05) is 0 Å². The average Bonchev–Trinajstić information content (AvgIpc) is 2.14. The van der Waals surface area contributed by atoms with E-state index < -0.39 is 12.1 Å². The molecule has 0 radical (unpaired) electrons. The summed E-state index contributed by atoms with van der Waals surface area (Å²) in [6, 6.07) is 0. The zero-order valence-corrected chi connectivity index (χ0v) is 9.03. The SMILES string of the molecule is CC[C@H](O[C@H]1CCC[C@H](C)C1)C(=O)O. The van der Waals surface area contributed by atoms with Gasteiger partial charge in [-0.3, -0.25) is 0 Å². The number of hydrogen-bond donors (Lipinski definition) is 1. The first-order valence-electron chi connectivity index (χ1n) is 5.51. The number of carboxylic acid groups (broad SMARTS) is 1. The van der Waals surface area contributed by atoms with Gasteiger partial charge in [-0.05, 0) is 25.2 Å². The van der Waals surface area contributed by atoms with E-state index in [1.54, 1.807) is 0 Å². The first-order chi connectivity index (χ1) is 6.63. The minimum absolute atomic E-state index is 0.166. The third-order valence-corrected chi connectivity index (χ3v) is 2.89. The number of carbonyl (C=O) groups is 1. The maximum absolute atomic E-state index is 10.8. The van der Waals surface area contributed by atoms with Crippen LogP contribution in [0, 0.1) is 5.92 Å². The average molecular weight is 200 g/mol. The first kappa shape index (κ1) is 11.5. The van der Waals surface area contributed by atoms with Gasteiger partial charge in [0.15, 0.2) is 6.10 Å². The van der Waals surface area contributed by atoms with Gasteiger partial charge < -0.3 is 9.84 Å². The third-order valence-electron chi connectivity index (χ3n) is 2.89. The maximum atomic E-state index is 10.8. The summed E-state index contributed by atoms with van der Waals surface area (Å²) >= 11 is 0. The van der Waals surface area contributed by atoms with Crippen LogP contribution in [-0.2, 0) is 9.53 Å². The van der Waals surface area contributed by atoms with Gasteiger partial charge >= 0.3 is 5.97 Å². The van der Waals surface area contributed by atoms with E-state index in [-0.39, 0.29) is 6.10 Å². The van der Waals surface area contributed by atoms with E-state index in [1.165, 1.54) is 12.8 Å². The van der Waals surface area contributed by atoms with E-state index in [2.05, 4.69) is 6.92 Å². The summed E-state index contributed by atoms with van der Waals surface area (Å²) in [7, 11) is 0. The molecular weight excluding hydrogens is 180 g/mol. The Hall–Kier alpha value is -0.570. The fraction of sp³-hybridized carbons (Fsp3) is 0.909. The molecule has 1 fully saturated rings. The van der Waals surface area contributed by atoms with Gasteiger partial charge in [0.25, 0.3) is 0 Å². The lowest BCUT2D eigenvalue weighted by atomic mass is 9.88. The van der Waals surface area contributed by atoms with Gasteiger partial charge in [-0.15, -0.1) is 0 Å². The molecule has 3 heteroatoms. The standard InChI is InChI=1S/C11H20O3/c1-3-10(11(12)13)14-9-6-4-5-8(2)7-9/h8-10H,3-7H2,1-2H3,(H,12,13)/t8-,9-,10-/m0/s1. The number of aliphatic carboxylic acids is 1. The summed E-state index contributed by atoms with van der Waals surface area (Å²) in [5, 5.41) is 8.84. The predicted molar refractivity (Wildman–Crippen MR) is 54.2 cm³/mol. The van der Waals surface area contributed by atoms with Crippen molar-refractivity contribution in [3.05, 3.63) is 0 Å². The highest BCUT2D eigenvalue weighted by molar-refractivity contribution is 5.72. The van der Waals surface area contributed by atoms with Crippen LogP contribution in [-0.4, -0.2) is 23.3 Å². The second-order valence-corrected chi connectivity index (χ2v) is 4.26. The molecule has 3 atom stereocenters. The molecule has 1 saturated carbocycles. The van der Waals surface area contributed by atoms with Crippen LogP contribution in [0.3, 0.4) is 0 Å². The molecule has 0 spiro atoms. The zero-order valence-electron chi connectivity index (χ0n) is 9.03. The zero-order chi connectivity index (χ0) is 10.6. The molecule has 0 aromatic carbocycles. The lowest BCUT2D eigenvalue weighted by Crippen LogP contribution is -2.31. The predicted octanol–water partition coefficient (Wildman–Crippen LogP) is 2.44. The highest BCUT2D eigenvalue weighted by Gasteiger charge is 2.25. The minimum Gasteiger partial charge on any atom is -0.479 e. The fourth-order valence-corrected chi connectivity index (χ4v) is 2.06. The Morgan fingerprint density at radius 2 is 2.29 bits per heavy atom. The van der Waals surface area contributed by atoms with Crippen LogP contribution in [0.2, 0.25) is 0 Å². The Morgan fingerprint density at radius 3 is 2.79 bits per heavy atom. The molecule has 3 nitrogen and oxygen atoms in total. The number of ether oxygens (including phenoxy) is 1. The van der Waals surface area contributed by atoms with Crippen LogP contribution in [0.4, 0.5) is 0 Å². The highest BCUT2D eigenvalue weighted by atomic mass is 16.5. The monoisotopic (exact) mass is 200 g/mol. The Labute approximate surface area is 85.5 Å². The van der Waals surface area contributed by atoms with Crippen molar-refractivity contribution < 1.29 is 14.6 Å². The summed E-state index contributed by atoms with van der Waals surface area (Å²) in [4.78, 5) is 10.8. The van der Waals surface area contributed by atoms with Crippen molar-refractivity contribution in [3.8, 4) is 0 Å². The lowest BCUT2D eigenvalue weighted by Gasteiger charge is -2.28. The summed E-state index contributed by atoms with van der Waals surface area (Å²) < 4.78 is 5.57. The molecule has 0 unspecified atom stereocenters. The van der Waals surface area contributed by atoms with Crippen molar-refractivity contribution in [2.75, 3.05) is 0 Å². The quantitative estimate of drug-likeness (QED) is 0.758. The number of hydrogen-bond acceptors (Lipinski definition) is 2. The first-order valence-corrected chi connectivity index (χ1v) is 5.51. The van der Waals surface area contributed by atoms with Crippen molar-refractivity contribution in [2.24, 2.45) is 5.92 Å². The second-order valence-electron chi connectivity index (χ2n) is 4.26. The van der Waals surface area contributed by atoms with Crippen LogP contribution in [0.15, 0.2) is 0 Å². The summed E-state index contributed by atoms with van der Waals surface area (Å²) in [5.74, 6) is -0.147. The molecular formula is C11H20O3. The molecule has 82 valence electrons. The van der Waals surface area contributed by atoms with E-state index in [0.717, 1.165) is 12.8 Å². The Balaban J connectivity index is 2.37. The minimum atomic E-state index is -0.828. The Bertz CT molecular complexity index is 191. The maximum Gasteiger partial charge on any atom is 0.332 e. The lowest BCUT2D eigenvalue weighted by molar-refractivity contribution is -0.156. The summed E-state index contributed by atoms with van der Waals surface area (Å²) in [6.07, 6.45) is 4.58. The van der Waals surface area contributed by atoms with Gasteiger partial charge in [0.05, 0.1) is 6.10 Å². The van der Waals surface area contributed by atoms with E-state index >= 15 is 0 Å². The molecule has 14 heavy (non-hydrogen) atoms. The smallest absolute Gasteiger partial charge is 0.332 e. The molecule has 0 aliphatic heterocycles. The van der Waals surface area contributed by atoms with Gasteiger partial charge in [0.1, 0.15) is 0 Å². The fourth-order valence-electron chi connectivity index (χ4n) is 2.06. The van der Waals surface area contributed by atoms with Gasteiger partial charge in [0.2, 0.25) is 0 Å². The van der Waals surface area contributed by atoms with Crippen molar-refractivity contribution in [1.29, 1.82) is 0 Å². The van der Waals surface area contributed by atoms with Crippen molar-refractivity contribution in [2.45, 2.75) is 58.2 Å². The van der Waals surface area contributed by atoms with Crippen LogP contribution in [0.25, 0.3) is 0 Å². The largest absolute Gasteiger partial charge is 0.479 e. The molecule has 0 heterocycles. The van der Waals surface area contributed by atoms with Crippen molar-refractivity contribution >= 4 is 5.97 Å². The van der Waals surface area contributed by atoms with Gasteiger partial charge in [-0.2, -0.15) is 0 Å². The molecule has 1 aliphatic rings. The van der Waals surface area contributed by atoms with Crippen molar-refractivity contribution in [3.63, 3.8) is 0 Å². The number of rotatable bonds is 4. The molecule has 0 amide bonds. The van der Waals surface area contributed by atoms with Crippen LogP contribution >= 0.6 is 0 Å². The van der Waals surface area contributed by atoms with Gasteiger partial charge in [-0.25, -0.2) is 4.79 Å². The van der Waals surface area contributed by atoms with Gasteiger partial charge in [-0.1, -0.05) is 26.7 Å². The van der Waals surface area contributed by atoms with E-state index in [0.29, 0.717) is 12.3 Å². The van der Waals surface area contributed by atoms with E-state index in [4.69, 9.17) is 9.84 Å². The van der Waals surface area contributed by atoms with Crippen molar-refractivity contribution in [1.82, 2.24) is 0 Å². The third kappa shape index (κ3) is 3.29. The normalized spacial score (nSPS) is 29.9. The van der Waals surface area contributed by atoms with Crippen LogP contribution in [0.5, 0.6) is 0 Å². The number of carboxylic acids is 1. The molecule has 1 rings (SSSR count). The summed E-state index contributed by atoms with van der Waals surface area (Å²) in [5.41, 5.74) is 0. The Kier molecular flexibility index (Phi) is 4.39. The highest BCUT2D eigenvalue weighted by Crippen LogP contribution is 2.26. The topological polar surface area (TPSA) is 46.5 Å². The summed E-state index contributed by atoms with van der Waals surface area (Å²) in [6.45, 7) is 4.06. The molecule has 1 aliphatic carbocycles. The van der Waals surface area contributed by atoms with E-state index in [1.807, 2.05) is 6.92 Å².